The largest absolute Gasteiger partial charge is 0.465 e. The Balaban J connectivity index is 1.86. The maximum atomic E-state index is 12.1. The number of esters is 1. The summed E-state index contributed by atoms with van der Waals surface area (Å²) in [5, 5.41) is -0.623. The maximum Gasteiger partial charge on any atom is 0.319 e. The van der Waals surface area contributed by atoms with Gasteiger partial charge in [-0.15, -0.1) is 11.8 Å². The van der Waals surface area contributed by atoms with Gasteiger partial charge in [0.05, 0.1) is 19.6 Å². The van der Waals surface area contributed by atoms with Gasteiger partial charge in [-0.2, -0.15) is 0 Å². The van der Waals surface area contributed by atoms with Crippen LogP contribution in [0.15, 0.2) is 65.6 Å². The van der Waals surface area contributed by atoms with Crippen molar-refractivity contribution in [1.82, 2.24) is 5.48 Å². The van der Waals surface area contributed by atoms with Crippen molar-refractivity contribution in [2.45, 2.75) is 30.1 Å². The Kier molecular flexibility index (Phi) is 8.01. The number of hydrogen-bond donors (Lipinski definition) is 1. The second-order valence-electron chi connectivity index (χ2n) is 5.18. The summed E-state index contributed by atoms with van der Waals surface area (Å²) >= 11 is 1.30. The number of carbonyl (C=O) groups is 2. The molecule has 1 amide bonds. The fraction of sp³-hybridized carbons (Fsp3) is 0.263. The lowest BCUT2D eigenvalue weighted by molar-refractivity contribution is -0.145. The molecule has 0 saturated heterocycles. The summed E-state index contributed by atoms with van der Waals surface area (Å²) < 4.78 is 5.07. The van der Waals surface area contributed by atoms with Crippen molar-refractivity contribution in [3.8, 4) is 0 Å². The molecule has 0 spiro atoms. The van der Waals surface area contributed by atoms with Gasteiger partial charge in [-0.1, -0.05) is 48.5 Å². The molecule has 0 bridgehead atoms. The molecule has 0 radical (unpaired) electrons. The van der Waals surface area contributed by atoms with Gasteiger partial charge in [-0.05, 0) is 24.6 Å². The topological polar surface area (TPSA) is 64.6 Å². The lowest BCUT2D eigenvalue weighted by atomic mass is 10.2. The second-order valence-corrected chi connectivity index (χ2v) is 6.45. The predicted molar refractivity (Wildman–Crippen MR) is 96.7 cm³/mol. The van der Waals surface area contributed by atoms with Crippen molar-refractivity contribution < 1.29 is 19.2 Å². The molecule has 6 heteroatoms. The number of amides is 1. The van der Waals surface area contributed by atoms with Gasteiger partial charge in [-0.3, -0.25) is 14.4 Å². The van der Waals surface area contributed by atoms with Crippen LogP contribution in [0.4, 0.5) is 0 Å². The summed E-state index contributed by atoms with van der Waals surface area (Å²) in [6.45, 7) is 2.28. The van der Waals surface area contributed by atoms with E-state index in [4.69, 9.17) is 9.57 Å². The molecule has 25 heavy (non-hydrogen) atoms. The predicted octanol–water partition coefficient (Wildman–Crippen LogP) is 3.35. The van der Waals surface area contributed by atoms with Crippen molar-refractivity contribution in [3.63, 3.8) is 0 Å². The number of ether oxygens (including phenoxy) is 1. The van der Waals surface area contributed by atoms with Crippen LogP contribution in [0.3, 0.4) is 0 Å². The molecular weight excluding hydrogens is 338 g/mol. The number of thioether (sulfide) groups is 1. The molecule has 0 aliphatic carbocycles. The van der Waals surface area contributed by atoms with Crippen LogP contribution >= 0.6 is 11.8 Å². The van der Waals surface area contributed by atoms with Gasteiger partial charge in [0.25, 0.3) is 0 Å². The monoisotopic (exact) mass is 359 g/mol. The normalized spacial score (nSPS) is 11.6. The molecule has 1 unspecified atom stereocenters. The average Bonchev–Trinajstić information content (AvgIpc) is 2.63. The zero-order valence-corrected chi connectivity index (χ0v) is 14.8. The van der Waals surface area contributed by atoms with Crippen molar-refractivity contribution in [1.29, 1.82) is 0 Å². The molecule has 2 rings (SSSR count). The Morgan fingerprint density at radius 1 is 1.04 bits per heavy atom. The first-order chi connectivity index (χ1) is 12.2. The molecule has 132 valence electrons. The van der Waals surface area contributed by atoms with E-state index < -0.39 is 11.2 Å². The molecule has 1 N–H and O–H groups in total. The van der Waals surface area contributed by atoms with Crippen LogP contribution in [0.2, 0.25) is 0 Å². The van der Waals surface area contributed by atoms with E-state index >= 15 is 0 Å². The van der Waals surface area contributed by atoms with Gasteiger partial charge in [0.15, 0.2) is 0 Å². The minimum absolute atomic E-state index is 0.0207. The van der Waals surface area contributed by atoms with Gasteiger partial charge in [0.1, 0.15) is 5.25 Å². The van der Waals surface area contributed by atoms with Gasteiger partial charge in [0, 0.05) is 4.90 Å². The Morgan fingerprint density at radius 2 is 1.68 bits per heavy atom. The third kappa shape index (κ3) is 6.99. The van der Waals surface area contributed by atoms with E-state index in [0.29, 0.717) is 0 Å². The average molecular weight is 359 g/mol. The summed E-state index contributed by atoms with van der Waals surface area (Å²) in [4.78, 5) is 30.3. The van der Waals surface area contributed by atoms with E-state index in [1.54, 1.807) is 6.92 Å². The highest BCUT2D eigenvalue weighted by Gasteiger charge is 2.24. The van der Waals surface area contributed by atoms with Crippen LogP contribution in [0.5, 0.6) is 0 Å². The number of hydroxylamine groups is 1. The summed E-state index contributed by atoms with van der Waals surface area (Å²) in [7, 11) is 0. The quantitative estimate of drug-likeness (QED) is 0.423. The van der Waals surface area contributed by atoms with E-state index in [1.165, 1.54) is 11.8 Å². The molecular formula is C19H21NO4S. The second kappa shape index (κ2) is 10.5. The number of rotatable bonds is 9. The van der Waals surface area contributed by atoms with Crippen molar-refractivity contribution >= 4 is 23.6 Å². The molecule has 0 fully saturated rings. The highest BCUT2D eigenvalue weighted by atomic mass is 32.2. The van der Waals surface area contributed by atoms with E-state index in [9.17, 15) is 9.59 Å². The van der Waals surface area contributed by atoms with E-state index in [0.717, 1.165) is 10.5 Å². The highest BCUT2D eigenvalue weighted by molar-refractivity contribution is 8.00. The smallest absolute Gasteiger partial charge is 0.319 e. The van der Waals surface area contributed by atoms with Crippen LogP contribution in [0.25, 0.3) is 0 Å². The first kappa shape index (κ1) is 19.0. The van der Waals surface area contributed by atoms with Gasteiger partial charge in [0.2, 0.25) is 5.91 Å². The SMILES string of the molecule is CCOC(=O)C(CC(=O)NOCc1ccccc1)Sc1ccccc1. The van der Waals surface area contributed by atoms with E-state index in [-0.39, 0.29) is 25.5 Å². The third-order valence-electron chi connectivity index (χ3n) is 3.21. The van der Waals surface area contributed by atoms with Crippen LogP contribution in [-0.2, 0) is 25.8 Å². The van der Waals surface area contributed by atoms with Crippen molar-refractivity contribution in [3.05, 3.63) is 66.2 Å². The van der Waals surface area contributed by atoms with Gasteiger partial charge < -0.3 is 4.74 Å². The van der Waals surface area contributed by atoms with E-state index in [2.05, 4.69) is 5.48 Å². The Bertz CT molecular complexity index is 664. The number of carbonyl (C=O) groups excluding carboxylic acids is 2. The standard InChI is InChI=1S/C19H21NO4S/c1-2-23-19(22)17(25-16-11-7-4-8-12-16)13-18(21)20-24-14-15-9-5-3-6-10-15/h3-12,17H,2,13-14H2,1H3,(H,20,21). The van der Waals surface area contributed by atoms with Crippen molar-refractivity contribution in [2.24, 2.45) is 0 Å². The lowest BCUT2D eigenvalue weighted by Gasteiger charge is -2.15. The zero-order chi connectivity index (χ0) is 17.9. The molecule has 0 saturated carbocycles. The fourth-order valence-electron chi connectivity index (χ4n) is 2.06. The van der Waals surface area contributed by atoms with Crippen molar-refractivity contribution in [2.75, 3.05) is 6.61 Å². The minimum atomic E-state index is -0.623. The van der Waals surface area contributed by atoms with Crippen LogP contribution in [0, 0.1) is 0 Å². The molecule has 0 aromatic heterocycles. The third-order valence-corrected chi connectivity index (χ3v) is 4.40. The van der Waals surface area contributed by atoms with E-state index in [1.807, 2.05) is 60.7 Å². The lowest BCUT2D eigenvalue weighted by Crippen LogP contribution is -2.31. The summed E-state index contributed by atoms with van der Waals surface area (Å²) in [6.07, 6.45) is -0.0207. The number of benzene rings is 2. The molecule has 2 aromatic carbocycles. The van der Waals surface area contributed by atoms with Gasteiger partial charge in [-0.25, -0.2) is 5.48 Å². The minimum Gasteiger partial charge on any atom is -0.465 e. The highest BCUT2D eigenvalue weighted by Crippen LogP contribution is 2.26. The Labute approximate surface area is 151 Å². The van der Waals surface area contributed by atoms with Gasteiger partial charge >= 0.3 is 5.97 Å². The molecule has 0 aliphatic rings. The van der Waals surface area contributed by atoms with Crippen LogP contribution < -0.4 is 5.48 Å². The van der Waals surface area contributed by atoms with Crippen LogP contribution in [0.1, 0.15) is 18.9 Å². The summed E-state index contributed by atoms with van der Waals surface area (Å²) in [5.41, 5.74) is 3.33. The number of nitrogens with one attached hydrogen (secondary N) is 1. The Hall–Kier alpha value is -2.31. The maximum absolute atomic E-state index is 12.1. The number of hydrogen-bond acceptors (Lipinski definition) is 5. The molecule has 5 nitrogen and oxygen atoms in total. The first-order valence-corrected chi connectivity index (χ1v) is 8.90. The summed E-state index contributed by atoms with van der Waals surface area (Å²) in [5.74, 6) is -0.771. The Morgan fingerprint density at radius 3 is 2.32 bits per heavy atom. The molecule has 0 aliphatic heterocycles. The van der Waals surface area contributed by atoms with Crippen LogP contribution in [-0.4, -0.2) is 23.7 Å². The molecule has 0 heterocycles. The zero-order valence-electron chi connectivity index (χ0n) is 14.0. The fourth-order valence-corrected chi connectivity index (χ4v) is 3.10. The first-order valence-electron chi connectivity index (χ1n) is 8.02. The summed E-state index contributed by atoms with van der Waals surface area (Å²) in [6, 6.07) is 18.9. The molecule has 1 atom stereocenters. The molecule has 2 aromatic rings.